The lowest BCUT2D eigenvalue weighted by Gasteiger charge is -2.43. The second kappa shape index (κ2) is 9.80. The van der Waals surface area contributed by atoms with Gasteiger partial charge in [-0.15, -0.1) is 0 Å². The molecule has 1 aliphatic rings. The van der Waals surface area contributed by atoms with Gasteiger partial charge in [-0.25, -0.2) is 9.83 Å². The highest BCUT2D eigenvalue weighted by atomic mass is 35.5. The quantitative estimate of drug-likeness (QED) is 0.576. The Morgan fingerprint density at radius 3 is 2.50 bits per heavy atom. The zero-order chi connectivity index (χ0) is 22.5. The smallest absolute Gasteiger partial charge is 0.187 e. The van der Waals surface area contributed by atoms with Crippen molar-refractivity contribution in [3.05, 3.63) is 100.0 Å². The molecular formula is C25H22ClN5O. The molecule has 4 rings (SSSR count). The van der Waals surface area contributed by atoms with Crippen LogP contribution >= 0.6 is 11.6 Å². The van der Waals surface area contributed by atoms with E-state index in [9.17, 15) is 5.11 Å². The van der Waals surface area contributed by atoms with Crippen LogP contribution in [0.3, 0.4) is 0 Å². The molecule has 0 bridgehead atoms. The molecular weight excluding hydrogens is 422 g/mol. The molecule has 2 heterocycles. The molecule has 1 aliphatic heterocycles. The number of nitriles is 1. The van der Waals surface area contributed by atoms with Gasteiger partial charge in [0.05, 0.1) is 24.3 Å². The Hall–Kier alpha value is -3.42. The summed E-state index contributed by atoms with van der Waals surface area (Å²) in [7, 11) is 0. The molecule has 2 aromatic carbocycles. The molecule has 0 unspecified atom stereocenters. The molecule has 0 spiro atoms. The monoisotopic (exact) mass is 443 g/mol. The minimum Gasteiger partial charge on any atom is -0.387 e. The van der Waals surface area contributed by atoms with E-state index in [1.807, 2.05) is 42.5 Å². The van der Waals surface area contributed by atoms with E-state index >= 15 is 0 Å². The Labute approximate surface area is 192 Å². The van der Waals surface area contributed by atoms with Gasteiger partial charge < -0.3 is 10.0 Å². The molecule has 0 amide bonds. The average molecular weight is 444 g/mol. The first-order valence-corrected chi connectivity index (χ1v) is 10.7. The fraction of sp³-hybridized carbons (Fsp3) is 0.240. The number of halogens is 1. The number of benzene rings is 2. The zero-order valence-corrected chi connectivity index (χ0v) is 18.2. The van der Waals surface area contributed by atoms with Gasteiger partial charge in [0.15, 0.2) is 5.69 Å². The maximum atomic E-state index is 10.8. The van der Waals surface area contributed by atoms with Gasteiger partial charge in [-0.05, 0) is 35.4 Å². The van der Waals surface area contributed by atoms with E-state index in [0.29, 0.717) is 29.4 Å². The third kappa shape index (κ3) is 4.90. The summed E-state index contributed by atoms with van der Waals surface area (Å²) in [5, 5.41) is 20.5. The third-order valence-electron chi connectivity index (χ3n) is 5.73. The first kappa shape index (κ1) is 21.8. The van der Waals surface area contributed by atoms with E-state index in [1.54, 1.807) is 24.4 Å². The predicted octanol–water partition coefficient (Wildman–Crippen LogP) is 4.75. The highest BCUT2D eigenvalue weighted by molar-refractivity contribution is 6.30. The summed E-state index contributed by atoms with van der Waals surface area (Å²) >= 11 is 6.11. The van der Waals surface area contributed by atoms with Gasteiger partial charge >= 0.3 is 0 Å². The van der Waals surface area contributed by atoms with Crippen molar-refractivity contribution in [2.24, 2.45) is 0 Å². The van der Waals surface area contributed by atoms with Gasteiger partial charge in [-0.2, -0.15) is 5.26 Å². The zero-order valence-electron chi connectivity index (χ0n) is 17.4. The molecule has 0 aliphatic carbocycles. The van der Waals surface area contributed by atoms with Gasteiger partial charge in [-0.3, -0.25) is 4.90 Å². The van der Waals surface area contributed by atoms with Crippen molar-refractivity contribution in [3.63, 3.8) is 0 Å². The van der Waals surface area contributed by atoms with Crippen molar-refractivity contribution >= 4 is 23.1 Å². The molecule has 7 heteroatoms. The predicted molar refractivity (Wildman–Crippen MR) is 125 cm³/mol. The molecule has 1 saturated heterocycles. The first-order valence-electron chi connectivity index (χ1n) is 10.3. The summed E-state index contributed by atoms with van der Waals surface area (Å²) in [5.41, 5.74) is 3.01. The summed E-state index contributed by atoms with van der Waals surface area (Å²) in [6.07, 6.45) is 0.956. The van der Waals surface area contributed by atoms with Crippen LogP contribution in [0.4, 0.5) is 11.5 Å². The van der Waals surface area contributed by atoms with E-state index < -0.39 is 6.10 Å². The Bertz CT molecular complexity index is 1130. The fourth-order valence-electron chi connectivity index (χ4n) is 3.99. The van der Waals surface area contributed by atoms with E-state index in [2.05, 4.69) is 25.7 Å². The minimum atomic E-state index is -0.639. The van der Waals surface area contributed by atoms with Crippen LogP contribution in [0.25, 0.3) is 4.85 Å². The second-order valence-electron chi connectivity index (χ2n) is 7.76. The first-order chi connectivity index (χ1) is 15.6. The molecule has 0 radical (unpaired) electrons. The third-order valence-corrected chi connectivity index (χ3v) is 5.98. The summed E-state index contributed by atoms with van der Waals surface area (Å²) < 4.78 is 0. The average Bonchev–Trinajstić information content (AvgIpc) is 2.84. The number of aliphatic hydroxyl groups excluding tert-OH is 1. The topological polar surface area (TPSA) is 67.8 Å². The summed E-state index contributed by atoms with van der Waals surface area (Å²) in [4.78, 5) is 12.4. The van der Waals surface area contributed by atoms with Crippen LogP contribution in [-0.2, 0) is 0 Å². The van der Waals surface area contributed by atoms with Crippen LogP contribution in [0, 0.1) is 17.9 Å². The lowest BCUT2D eigenvalue weighted by atomic mass is 10.0. The molecule has 160 valence electrons. The minimum absolute atomic E-state index is 0.0261. The van der Waals surface area contributed by atoms with Crippen LogP contribution in [-0.4, -0.2) is 41.2 Å². The van der Waals surface area contributed by atoms with Gasteiger partial charge in [0.25, 0.3) is 0 Å². The lowest BCUT2D eigenvalue weighted by molar-refractivity contribution is 0.100. The maximum absolute atomic E-state index is 10.8. The van der Waals surface area contributed by atoms with Crippen LogP contribution < -0.4 is 4.90 Å². The number of piperazine rings is 1. The Morgan fingerprint density at radius 1 is 1.12 bits per heavy atom. The number of hydrogen-bond donors (Lipinski definition) is 1. The van der Waals surface area contributed by atoms with Crippen molar-refractivity contribution < 1.29 is 5.11 Å². The normalized spacial score (nSPS) is 17.4. The van der Waals surface area contributed by atoms with E-state index in [1.165, 1.54) is 0 Å². The standard InChI is InChI=1S/C25H22ClN5O/c1-28-22-9-5-20(6-10-22)24(32)17-30-12-13-31(25-11-2-18(14-27)15-29-25)23(16-30)19-3-7-21(26)8-4-19/h2-11,15,23-24,32H,12-13,16-17H2/t23-,24+/m0/s1. The van der Waals surface area contributed by atoms with Crippen LogP contribution in [0.15, 0.2) is 66.9 Å². The number of nitrogens with zero attached hydrogens (tertiary/aromatic N) is 5. The lowest BCUT2D eigenvalue weighted by Crippen LogP contribution is -2.49. The Kier molecular flexibility index (Phi) is 6.68. The van der Waals surface area contributed by atoms with Crippen molar-refractivity contribution in [3.8, 4) is 6.07 Å². The largest absolute Gasteiger partial charge is 0.387 e. The van der Waals surface area contributed by atoms with E-state index in [-0.39, 0.29) is 6.04 Å². The Balaban J connectivity index is 1.54. The number of hydrogen-bond acceptors (Lipinski definition) is 5. The molecule has 32 heavy (non-hydrogen) atoms. The van der Waals surface area contributed by atoms with Crippen molar-refractivity contribution in [1.29, 1.82) is 5.26 Å². The molecule has 6 nitrogen and oxygen atoms in total. The van der Waals surface area contributed by atoms with Gasteiger partial charge in [0.1, 0.15) is 11.9 Å². The van der Waals surface area contributed by atoms with Crippen LogP contribution in [0.1, 0.15) is 28.8 Å². The van der Waals surface area contributed by atoms with Gasteiger partial charge in [-0.1, -0.05) is 48.0 Å². The van der Waals surface area contributed by atoms with Crippen molar-refractivity contribution in [2.45, 2.75) is 12.1 Å². The van der Waals surface area contributed by atoms with Gasteiger partial charge in [0, 0.05) is 37.4 Å². The molecule has 1 N–H and O–H groups in total. The number of pyridine rings is 1. The number of aromatic nitrogens is 1. The number of β-amino-alcohol motifs (C(OH)–C–C–N with tert-alkyl or cyclic N) is 1. The van der Waals surface area contributed by atoms with Crippen molar-refractivity contribution in [2.75, 3.05) is 31.1 Å². The second-order valence-corrected chi connectivity index (χ2v) is 8.19. The Morgan fingerprint density at radius 2 is 1.88 bits per heavy atom. The highest BCUT2D eigenvalue weighted by Gasteiger charge is 2.30. The van der Waals surface area contributed by atoms with E-state index in [4.69, 9.17) is 23.4 Å². The van der Waals surface area contributed by atoms with Crippen molar-refractivity contribution in [1.82, 2.24) is 9.88 Å². The van der Waals surface area contributed by atoms with Crippen LogP contribution in [0.5, 0.6) is 0 Å². The fourth-order valence-corrected chi connectivity index (χ4v) is 4.12. The molecule has 2 atom stereocenters. The molecule has 1 aromatic heterocycles. The maximum Gasteiger partial charge on any atom is 0.187 e. The van der Waals surface area contributed by atoms with E-state index in [0.717, 1.165) is 30.0 Å². The number of aliphatic hydroxyl groups is 1. The summed E-state index contributed by atoms with van der Waals surface area (Å²) in [6.45, 7) is 9.78. The van der Waals surface area contributed by atoms with Crippen LogP contribution in [0.2, 0.25) is 5.02 Å². The molecule has 1 fully saturated rings. The summed E-state index contributed by atoms with van der Waals surface area (Å²) in [5.74, 6) is 0.818. The number of rotatable bonds is 5. The molecule has 0 saturated carbocycles. The highest BCUT2D eigenvalue weighted by Crippen LogP contribution is 2.31. The SMILES string of the molecule is [C-]#[N+]c1ccc([C@H](O)CN2CCN(c3ccc(C#N)cn3)[C@H](c3ccc(Cl)cc3)C2)cc1. The molecule has 3 aromatic rings. The summed E-state index contributed by atoms with van der Waals surface area (Å²) in [6, 6.07) is 20.7. The number of anilines is 1. The van der Waals surface area contributed by atoms with Gasteiger partial charge in [0.2, 0.25) is 0 Å².